The highest BCUT2D eigenvalue weighted by Crippen LogP contribution is 2.21. The van der Waals surface area contributed by atoms with Crippen molar-refractivity contribution < 1.29 is 9.53 Å². The summed E-state index contributed by atoms with van der Waals surface area (Å²) in [4.78, 5) is 12.0. The molecule has 0 amide bonds. The number of aryl methyl sites for hydroxylation is 1. The molecule has 3 aromatic rings. The van der Waals surface area contributed by atoms with Crippen LogP contribution in [0.5, 0.6) is 0 Å². The van der Waals surface area contributed by atoms with Crippen LogP contribution in [0.4, 0.5) is 0 Å². The molecule has 1 unspecified atom stereocenters. The van der Waals surface area contributed by atoms with E-state index >= 15 is 0 Å². The maximum atomic E-state index is 10.9. The summed E-state index contributed by atoms with van der Waals surface area (Å²) < 4.78 is 8.38. The maximum absolute atomic E-state index is 10.9. The molecule has 0 bridgehead atoms. The second-order valence-electron chi connectivity index (χ2n) is 10.5. The number of rotatable bonds is 15. The number of ether oxygens (including phenoxy) is 1. The van der Waals surface area contributed by atoms with Crippen LogP contribution in [0.25, 0.3) is 0 Å². The Morgan fingerprint density at radius 3 is 2.40 bits per heavy atom. The Morgan fingerprint density at radius 1 is 0.950 bits per heavy atom. The third kappa shape index (κ3) is 12.6. The molecule has 5 heteroatoms. The minimum atomic E-state index is 0.172. The number of carbonyl (C=O) groups is 1. The molecule has 1 heterocycles. The molecule has 1 aliphatic heterocycles. The van der Waals surface area contributed by atoms with Gasteiger partial charge < -0.3 is 10.1 Å². The fourth-order valence-corrected chi connectivity index (χ4v) is 5.72. The van der Waals surface area contributed by atoms with E-state index in [1.165, 1.54) is 74.7 Å². The van der Waals surface area contributed by atoms with Crippen molar-refractivity contribution in [3.05, 3.63) is 114 Å². The van der Waals surface area contributed by atoms with Gasteiger partial charge in [0, 0.05) is 23.6 Å². The Morgan fingerprint density at radius 2 is 1.70 bits per heavy atom. The molecule has 1 fully saturated rings. The van der Waals surface area contributed by atoms with Crippen LogP contribution in [0.2, 0.25) is 0 Å². The normalized spacial score (nSPS) is 14.1. The van der Waals surface area contributed by atoms with Crippen molar-refractivity contribution in [1.29, 1.82) is 0 Å². The molecule has 0 saturated carbocycles. The van der Waals surface area contributed by atoms with Crippen LogP contribution in [-0.2, 0) is 24.2 Å². The average Bonchev–Trinajstić information content (AvgIpc) is 3.01. The minimum absolute atomic E-state index is 0.172. The van der Waals surface area contributed by atoms with Gasteiger partial charge in [0.15, 0.2) is 0 Å². The Hall–Kier alpha value is -2.70. The summed E-state index contributed by atoms with van der Waals surface area (Å²) >= 11 is 1.55. The molecule has 0 spiro atoms. The number of aldehydes is 1. The second kappa shape index (κ2) is 19.4. The van der Waals surface area contributed by atoms with Crippen molar-refractivity contribution in [2.45, 2.75) is 68.9 Å². The van der Waals surface area contributed by atoms with E-state index in [1.54, 1.807) is 19.1 Å². The van der Waals surface area contributed by atoms with Gasteiger partial charge in [0.05, 0.1) is 6.61 Å². The fraction of sp³-hybridized carbons (Fsp3) is 0.400. The zero-order chi connectivity index (χ0) is 28.3. The first-order valence-electron chi connectivity index (χ1n) is 14.6. The van der Waals surface area contributed by atoms with Gasteiger partial charge in [-0.25, -0.2) is 0 Å². The van der Waals surface area contributed by atoms with Crippen LogP contribution < -0.4 is 10.0 Å². The molecule has 1 aliphatic rings. The molecular weight excluding hydrogens is 512 g/mol. The van der Waals surface area contributed by atoms with E-state index in [1.807, 2.05) is 60.7 Å². The van der Waals surface area contributed by atoms with Crippen LogP contribution in [-0.4, -0.2) is 32.5 Å². The lowest BCUT2D eigenvalue weighted by Gasteiger charge is -2.22. The summed E-state index contributed by atoms with van der Waals surface area (Å²) in [6.45, 7) is 7.11. The third-order valence-corrected chi connectivity index (χ3v) is 8.19. The van der Waals surface area contributed by atoms with Gasteiger partial charge in [0.2, 0.25) is 0 Å². The summed E-state index contributed by atoms with van der Waals surface area (Å²) in [6.07, 6.45) is 13.1. The summed E-state index contributed by atoms with van der Waals surface area (Å²) in [6, 6.07) is 27.0. The number of hydrogen-bond donors (Lipinski definition) is 2. The van der Waals surface area contributed by atoms with Gasteiger partial charge in [-0.05, 0) is 91.9 Å². The SMILES string of the molecule is C=CC(Cc1ccc(CCCCCC2CCNCC2)cc1)NSc1cccc(C=O)c1.COCc1ccccc1. The smallest absolute Gasteiger partial charge is 0.150 e. The largest absolute Gasteiger partial charge is 0.380 e. The van der Waals surface area contributed by atoms with Gasteiger partial charge in [-0.3, -0.25) is 9.52 Å². The van der Waals surface area contributed by atoms with Gasteiger partial charge in [0.25, 0.3) is 0 Å². The van der Waals surface area contributed by atoms with E-state index in [4.69, 9.17) is 4.74 Å². The molecule has 40 heavy (non-hydrogen) atoms. The summed E-state index contributed by atoms with van der Waals surface area (Å²) in [7, 11) is 1.70. The van der Waals surface area contributed by atoms with Crippen LogP contribution in [0.1, 0.15) is 65.6 Å². The van der Waals surface area contributed by atoms with E-state index in [2.05, 4.69) is 40.9 Å². The average molecular weight is 559 g/mol. The molecule has 0 aliphatic carbocycles. The number of carbonyl (C=O) groups excluding carboxylic acids is 1. The highest BCUT2D eigenvalue weighted by molar-refractivity contribution is 7.97. The summed E-state index contributed by atoms with van der Waals surface area (Å²) in [5.74, 6) is 0.957. The van der Waals surface area contributed by atoms with Gasteiger partial charge in [0.1, 0.15) is 6.29 Å². The van der Waals surface area contributed by atoms with Crippen LogP contribution >= 0.6 is 11.9 Å². The van der Waals surface area contributed by atoms with Gasteiger partial charge in [-0.1, -0.05) is 92.1 Å². The fourth-order valence-electron chi connectivity index (χ4n) is 4.91. The molecule has 1 atom stereocenters. The van der Waals surface area contributed by atoms with E-state index in [-0.39, 0.29) is 6.04 Å². The molecule has 1 saturated heterocycles. The molecule has 4 rings (SSSR count). The highest BCUT2D eigenvalue weighted by atomic mass is 32.2. The maximum Gasteiger partial charge on any atom is 0.150 e. The van der Waals surface area contributed by atoms with Gasteiger partial charge in [-0.15, -0.1) is 6.58 Å². The molecule has 2 N–H and O–H groups in total. The number of nitrogens with one attached hydrogen (secondary N) is 2. The number of methoxy groups -OCH3 is 1. The zero-order valence-corrected chi connectivity index (χ0v) is 24.8. The Labute approximate surface area is 246 Å². The predicted molar refractivity (Wildman–Crippen MR) is 170 cm³/mol. The Kier molecular flexibility index (Phi) is 15.4. The third-order valence-electron chi connectivity index (χ3n) is 7.28. The second-order valence-corrected chi connectivity index (χ2v) is 11.4. The van der Waals surface area contributed by atoms with Crippen molar-refractivity contribution in [3.63, 3.8) is 0 Å². The first kappa shape index (κ1) is 31.8. The number of unbranched alkanes of at least 4 members (excludes halogenated alkanes) is 2. The first-order valence-corrected chi connectivity index (χ1v) is 15.4. The lowest BCUT2D eigenvalue weighted by Crippen LogP contribution is -2.27. The number of benzene rings is 3. The highest BCUT2D eigenvalue weighted by Gasteiger charge is 2.12. The Bertz CT molecular complexity index is 1100. The lowest BCUT2D eigenvalue weighted by atomic mass is 9.92. The van der Waals surface area contributed by atoms with E-state index < -0.39 is 0 Å². The van der Waals surface area contributed by atoms with E-state index in [9.17, 15) is 4.79 Å². The molecule has 0 aromatic heterocycles. The van der Waals surface area contributed by atoms with Gasteiger partial charge in [-0.2, -0.15) is 0 Å². The van der Waals surface area contributed by atoms with Crippen molar-refractivity contribution >= 4 is 18.2 Å². The minimum Gasteiger partial charge on any atom is -0.380 e. The number of hydrogen-bond acceptors (Lipinski definition) is 5. The number of piperidine rings is 1. The standard InChI is InChI=1S/C27H36N2OS.C8H10O/c1-2-26(29-31-27-10-6-9-25(20-27)21-30)19-24-13-11-22(12-14-24)7-4-3-5-8-23-15-17-28-18-16-23;1-9-7-8-5-3-2-4-6-8/h2,6,9-14,20-21,23,26,28-29H,1,3-5,7-8,15-19H2;2-6H,7H2,1H3. The van der Waals surface area contributed by atoms with E-state index in [0.717, 1.165) is 23.5 Å². The van der Waals surface area contributed by atoms with Crippen molar-refractivity contribution in [1.82, 2.24) is 10.0 Å². The van der Waals surface area contributed by atoms with Crippen LogP contribution in [0.3, 0.4) is 0 Å². The van der Waals surface area contributed by atoms with Crippen LogP contribution in [0.15, 0.2) is 96.4 Å². The first-order chi connectivity index (χ1) is 19.7. The van der Waals surface area contributed by atoms with Crippen molar-refractivity contribution in [2.75, 3.05) is 20.2 Å². The van der Waals surface area contributed by atoms with Crippen LogP contribution in [0, 0.1) is 5.92 Å². The molecule has 3 aromatic carbocycles. The molecular formula is C35H46N2O2S. The Balaban J connectivity index is 0.000000415. The monoisotopic (exact) mass is 558 g/mol. The molecule has 214 valence electrons. The van der Waals surface area contributed by atoms with Crippen molar-refractivity contribution in [3.8, 4) is 0 Å². The molecule has 0 radical (unpaired) electrons. The molecule has 4 nitrogen and oxygen atoms in total. The van der Waals surface area contributed by atoms with Crippen molar-refractivity contribution in [2.24, 2.45) is 5.92 Å². The lowest BCUT2D eigenvalue weighted by molar-refractivity contribution is 0.112. The van der Waals surface area contributed by atoms with Gasteiger partial charge >= 0.3 is 0 Å². The quantitative estimate of drug-likeness (QED) is 0.0862. The summed E-state index contributed by atoms with van der Waals surface area (Å²) in [5, 5.41) is 3.45. The summed E-state index contributed by atoms with van der Waals surface area (Å²) in [5.41, 5.74) is 4.67. The topological polar surface area (TPSA) is 50.4 Å². The predicted octanol–water partition coefficient (Wildman–Crippen LogP) is 7.83. The zero-order valence-electron chi connectivity index (χ0n) is 24.0. The van der Waals surface area contributed by atoms with E-state index in [0.29, 0.717) is 12.2 Å².